The number of benzene rings is 2. The molecule has 0 aromatic heterocycles. The van der Waals surface area contributed by atoms with Gasteiger partial charge in [0.2, 0.25) is 0 Å². The van der Waals surface area contributed by atoms with Crippen LogP contribution in [0.4, 0.5) is 10.5 Å². The first-order valence-electron chi connectivity index (χ1n) is 9.07. The molecule has 2 aromatic carbocycles. The molecule has 0 fully saturated rings. The maximum Gasteiger partial charge on any atom is 0.412 e. The van der Waals surface area contributed by atoms with Crippen LogP contribution in [0.15, 0.2) is 47.4 Å². The summed E-state index contributed by atoms with van der Waals surface area (Å²) in [6.45, 7) is 6.27. The Hall–Kier alpha value is -2.18. The molecule has 0 saturated carbocycles. The zero-order valence-electron chi connectivity index (χ0n) is 15.9. The lowest BCUT2D eigenvalue weighted by atomic mass is 9.94. The predicted octanol–water partition coefficient (Wildman–Crippen LogP) is 4.76. The van der Waals surface area contributed by atoms with Crippen molar-refractivity contribution < 1.29 is 18.8 Å². The number of unbranched alkanes of at least 4 members (excludes halogenated alkanes) is 1. The number of carbonyl (C=O) groups is 1. The van der Waals surface area contributed by atoms with Gasteiger partial charge in [-0.2, -0.15) is 0 Å². The Kier molecular flexibility index (Phi) is 5.97. The van der Waals surface area contributed by atoms with Gasteiger partial charge in [-0.15, -0.1) is 0 Å². The fraction of sp³-hybridized carbons (Fsp3) is 0.381. The van der Waals surface area contributed by atoms with Crippen LogP contribution in [0, 0.1) is 6.92 Å². The molecule has 1 amide bonds. The van der Waals surface area contributed by atoms with Gasteiger partial charge in [-0.25, -0.2) is 4.79 Å². The molecule has 1 unspecified atom stereocenters. The third-order valence-electron chi connectivity index (χ3n) is 4.47. The molecule has 3 rings (SSSR count). The molecule has 1 atom stereocenters. The van der Waals surface area contributed by atoms with Crippen LogP contribution in [0.2, 0.25) is 0 Å². The number of hydrogen-bond acceptors (Lipinski definition) is 4. The number of hydrogen-bond donors (Lipinski definition) is 1. The normalized spacial score (nSPS) is 16.1. The number of aryl methyl sites for hydroxylation is 1. The van der Waals surface area contributed by atoms with E-state index >= 15 is 0 Å². The lowest BCUT2D eigenvalue weighted by Crippen LogP contribution is -2.34. The van der Waals surface area contributed by atoms with Crippen LogP contribution in [-0.4, -0.2) is 23.0 Å². The van der Waals surface area contributed by atoms with E-state index in [4.69, 9.17) is 9.47 Å². The number of rotatable bonds is 7. The fourth-order valence-corrected chi connectivity index (χ4v) is 4.29. The van der Waals surface area contributed by atoms with Gasteiger partial charge >= 0.3 is 6.09 Å². The first-order chi connectivity index (χ1) is 12.8. The molecule has 27 heavy (non-hydrogen) atoms. The van der Waals surface area contributed by atoms with Crippen molar-refractivity contribution in [2.45, 2.75) is 44.1 Å². The minimum atomic E-state index is -0.970. The summed E-state index contributed by atoms with van der Waals surface area (Å²) < 4.78 is 23.5. The van der Waals surface area contributed by atoms with E-state index in [0.29, 0.717) is 12.4 Å². The lowest BCUT2D eigenvalue weighted by Gasteiger charge is -2.32. The van der Waals surface area contributed by atoms with Gasteiger partial charge in [0.15, 0.2) is 4.90 Å². The van der Waals surface area contributed by atoms with Crippen molar-refractivity contribution in [1.29, 1.82) is 0 Å². The van der Waals surface area contributed by atoms with Crippen LogP contribution in [0.25, 0.3) is 0 Å². The summed E-state index contributed by atoms with van der Waals surface area (Å²) in [5.41, 5.74) is 2.07. The number of amides is 1. The number of nitrogens with one attached hydrogen (secondary N) is 1. The first kappa shape index (κ1) is 19.6. The molecular formula is C21H25NO4S. The molecule has 1 heterocycles. The summed E-state index contributed by atoms with van der Waals surface area (Å²) in [5.74, 6) is 1.37. The summed E-state index contributed by atoms with van der Waals surface area (Å²) in [4.78, 5) is 12.4. The molecule has 1 aliphatic heterocycles. The van der Waals surface area contributed by atoms with Crippen LogP contribution >= 0.6 is 0 Å². The first-order valence-corrected chi connectivity index (χ1v) is 10.4. The Morgan fingerprint density at radius 2 is 2.00 bits per heavy atom. The highest BCUT2D eigenvalue weighted by molar-refractivity contribution is 7.91. The number of anilines is 1. The minimum Gasteiger partial charge on any atom is -0.611 e. The monoisotopic (exact) mass is 387 g/mol. The van der Waals surface area contributed by atoms with Crippen molar-refractivity contribution in [3.63, 3.8) is 0 Å². The number of cyclic esters (lactones) is 1. The van der Waals surface area contributed by atoms with Gasteiger partial charge in [0.05, 0.1) is 12.3 Å². The highest BCUT2D eigenvalue weighted by atomic mass is 32.2. The summed E-state index contributed by atoms with van der Waals surface area (Å²) in [6.07, 6.45) is 1.21. The number of fused-ring (bicyclic) bond motifs is 1. The number of ether oxygens (including phenoxy) is 2. The summed E-state index contributed by atoms with van der Waals surface area (Å²) in [6, 6.07) is 13.4. The predicted molar refractivity (Wildman–Crippen MR) is 107 cm³/mol. The largest absolute Gasteiger partial charge is 0.611 e. The SMILES string of the molecule is Cc1cccc([S+]([O-])CCCCOc2ccc3c(c2)C(C)(C)OC(=O)N3)c1. The van der Waals surface area contributed by atoms with Gasteiger partial charge < -0.3 is 14.0 Å². The van der Waals surface area contributed by atoms with Crippen LogP contribution in [-0.2, 0) is 21.5 Å². The van der Waals surface area contributed by atoms with Crippen LogP contribution < -0.4 is 10.1 Å². The van der Waals surface area contributed by atoms with Crippen molar-refractivity contribution in [3.8, 4) is 5.75 Å². The maximum atomic E-state index is 12.3. The summed E-state index contributed by atoms with van der Waals surface area (Å²) in [7, 11) is 0. The molecule has 0 radical (unpaired) electrons. The van der Waals surface area contributed by atoms with Gasteiger partial charge in [0.1, 0.15) is 17.1 Å². The molecule has 0 aliphatic carbocycles. The van der Waals surface area contributed by atoms with E-state index < -0.39 is 22.9 Å². The van der Waals surface area contributed by atoms with Crippen LogP contribution in [0.1, 0.15) is 37.8 Å². The molecule has 0 saturated heterocycles. The maximum absolute atomic E-state index is 12.3. The Morgan fingerprint density at radius 1 is 1.19 bits per heavy atom. The molecule has 5 nitrogen and oxygen atoms in total. The molecule has 1 aliphatic rings. The third kappa shape index (κ3) is 4.96. The Balaban J connectivity index is 1.48. The van der Waals surface area contributed by atoms with E-state index in [0.717, 1.165) is 40.3 Å². The average Bonchev–Trinajstić information content (AvgIpc) is 2.61. The van der Waals surface area contributed by atoms with Crippen molar-refractivity contribution in [1.82, 2.24) is 0 Å². The summed E-state index contributed by atoms with van der Waals surface area (Å²) >= 11 is -0.970. The highest BCUT2D eigenvalue weighted by Gasteiger charge is 2.33. The quantitative estimate of drug-likeness (QED) is 0.549. The van der Waals surface area contributed by atoms with Crippen LogP contribution in [0.3, 0.4) is 0 Å². The van der Waals surface area contributed by atoms with E-state index in [1.54, 1.807) is 0 Å². The molecular weight excluding hydrogens is 362 g/mol. The van der Waals surface area contributed by atoms with Gasteiger partial charge in [0.25, 0.3) is 0 Å². The standard InChI is InChI=1S/C21H25NO4S/c1-15-7-6-8-17(13-15)27(24)12-5-4-11-25-16-9-10-19-18(14-16)21(2,3)26-20(23)22-19/h6-10,13-14H,4-5,11-12H2,1-3H3,(H,22,23). The zero-order valence-corrected chi connectivity index (χ0v) is 16.7. The second-order valence-corrected chi connectivity index (χ2v) is 8.72. The molecule has 2 aromatic rings. The second kappa shape index (κ2) is 8.23. The number of carbonyl (C=O) groups excluding carboxylic acids is 1. The summed E-state index contributed by atoms with van der Waals surface area (Å²) in [5, 5.41) is 2.70. The highest BCUT2D eigenvalue weighted by Crippen LogP contribution is 2.37. The Bertz CT molecular complexity index is 822. The van der Waals surface area contributed by atoms with Gasteiger partial charge in [0, 0.05) is 5.56 Å². The Morgan fingerprint density at radius 3 is 2.78 bits per heavy atom. The van der Waals surface area contributed by atoms with Gasteiger partial charge in [-0.1, -0.05) is 12.1 Å². The van der Waals surface area contributed by atoms with Crippen LogP contribution in [0.5, 0.6) is 5.75 Å². The lowest BCUT2D eigenvalue weighted by molar-refractivity contribution is 0.0418. The van der Waals surface area contributed by atoms with E-state index in [-0.39, 0.29) is 0 Å². The average molecular weight is 388 g/mol. The smallest absolute Gasteiger partial charge is 0.412 e. The van der Waals surface area contributed by atoms with E-state index in [1.807, 2.05) is 63.2 Å². The molecule has 1 N–H and O–H groups in total. The third-order valence-corrected chi connectivity index (χ3v) is 5.91. The molecule has 0 spiro atoms. The van der Waals surface area contributed by atoms with E-state index in [9.17, 15) is 9.35 Å². The van der Waals surface area contributed by atoms with Gasteiger partial charge in [-0.05, 0) is 80.7 Å². The molecule has 0 bridgehead atoms. The zero-order chi connectivity index (χ0) is 19.4. The molecule has 6 heteroatoms. The molecule has 144 valence electrons. The van der Waals surface area contributed by atoms with Crippen molar-refractivity contribution in [2.24, 2.45) is 0 Å². The van der Waals surface area contributed by atoms with Crippen molar-refractivity contribution in [2.75, 3.05) is 17.7 Å². The van der Waals surface area contributed by atoms with Crippen molar-refractivity contribution in [3.05, 3.63) is 53.6 Å². The van der Waals surface area contributed by atoms with Gasteiger partial charge in [-0.3, -0.25) is 5.32 Å². The van der Waals surface area contributed by atoms with E-state index in [1.165, 1.54) is 0 Å². The topological polar surface area (TPSA) is 70.6 Å². The fourth-order valence-electron chi connectivity index (χ4n) is 3.04. The second-order valence-electron chi connectivity index (χ2n) is 7.15. The van der Waals surface area contributed by atoms with Crippen molar-refractivity contribution >= 4 is 23.0 Å². The Labute approximate surface area is 163 Å². The minimum absolute atomic E-state index is 0.442. The van der Waals surface area contributed by atoms with E-state index in [2.05, 4.69) is 5.32 Å².